The van der Waals surface area contributed by atoms with E-state index >= 15 is 0 Å². The molecule has 1 N–H and O–H groups in total. The Bertz CT molecular complexity index is 365. The number of hydrogen-bond acceptors (Lipinski definition) is 2. The van der Waals surface area contributed by atoms with E-state index in [9.17, 15) is 4.79 Å². The highest BCUT2D eigenvalue weighted by atomic mass is 35.5. The van der Waals surface area contributed by atoms with Gasteiger partial charge >= 0.3 is 0 Å². The number of rotatable bonds is 1. The van der Waals surface area contributed by atoms with E-state index in [1.165, 1.54) is 0 Å². The molecular weight excluding hydrogens is 212 g/mol. The van der Waals surface area contributed by atoms with Gasteiger partial charge in [0.1, 0.15) is 0 Å². The molecule has 0 saturated carbocycles. The van der Waals surface area contributed by atoms with Gasteiger partial charge in [0.15, 0.2) is 0 Å². The van der Waals surface area contributed by atoms with Crippen molar-refractivity contribution in [2.24, 2.45) is 4.99 Å². The third kappa shape index (κ3) is 3.72. The molecule has 1 rings (SSSR count). The fourth-order valence-corrected chi connectivity index (χ4v) is 1.18. The minimum atomic E-state index is -0.612. The van der Waals surface area contributed by atoms with Crippen LogP contribution in [0.15, 0.2) is 41.1 Å². The van der Waals surface area contributed by atoms with Crippen molar-refractivity contribution >= 4 is 23.7 Å². The molecule has 0 aliphatic carbocycles. The minimum absolute atomic E-state index is 0.149. The molecule has 0 aromatic heterocycles. The third-order valence-electron chi connectivity index (χ3n) is 1.85. The van der Waals surface area contributed by atoms with Crippen molar-refractivity contribution in [3.8, 4) is 0 Å². The second-order valence-corrected chi connectivity index (χ2v) is 4.12. The average molecular weight is 225 g/mol. The van der Waals surface area contributed by atoms with Crippen LogP contribution in [-0.4, -0.2) is 24.0 Å². The third-order valence-corrected chi connectivity index (χ3v) is 2.08. The lowest BCUT2D eigenvalue weighted by atomic mass is 10.1. The normalized spacial score (nSPS) is 30.7. The minimum Gasteiger partial charge on any atom is -0.355 e. The second-order valence-electron chi connectivity index (χ2n) is 3.31. The van der Waals surface area contributed by atoms with E-state index in [-0.39, 0.29) is 5.91 Å². The first-order valence-corrected chi connectivity index (χ1v) is 4.94. The fraction of sp³-hybridized carbons (Fsp3) is 0.273. The SMILES string of the molecule is CNC(=O)C1=C/C=CC(C)(Cl)C=N\C=C\1. The maximum atomic E-state index is 11.4. The number of halogens is 1. The Balaban J connectivity index is 2.99. The molecule has 0 radical (unpaired) electrons. The van der Waals surface area contributed by atoms with E-state index in [2.05, 4.69) is 10.3 Å². The second kappa shape index (κ2) is 4.94. The number of hydrogen-bond donors (Lipinski definition) is 1. The van der Waals surface area contributed by atoms with E-state index in [0.717, 1.165) is 0 Å². The molecule has 1 atom stereocenters. The van der Waals surface area contributed by atoms with Gasteiger partial charge in [0.05, 0.1) is 4.87 Å². The van der Waals surface area contributed by atoms with Crippen LogP contribution in [0.2, 0.25) is 0 Å². The van der Waals surface area contributed by atoms with Crippen molar-refractivity contribution in [1.29, 1.82) is 0 Å². The summed E-state index contributed by atoms with van der Waals surface area (Å²) < 4.78 is 0. The summed E-state index contributed by atoms with van der Waals surface area (Å²) in [7, 11) is 1.59. The predicted octanol–water partition coefficient (Wildman–Crippen LogP) is 1.81. The van der Waals surface area contributed by atoms with Crippen LogP contribution < -0.4 is 5.32 Å². The van der Waals surface area contributed by atoms with Crippen LogP contribution in [0.4, 0.5) is 0 Å². The lowest BCUT2D eigenvalue weighted by Gasteiger charge is -2.08. The van der Waals surface area contributed by atoms with E-state index in [1.807, 2.05) is 6.92 Å². The molecule has 4 heteroatoms. The lowest BCUT2D eigenvalue weighted by molar-refractivity contribution is -0.116. The number of nitrogens with one attached hydrogen (secondary N) is 1. The van der Waals surface area contributed by atoms with Crippen molar-refractivity contribution in [2.45, 2.75) is 11.8 Å². The van der Waals surface area contributed by atoms with E-state index in [4.69, 9.17) is 11.6 Å². The van der Waals surface area contributed by atoms with Gasteiger partial charge in [-0.15, -0.1) is 11.6 Å². The average Bonchev–Trinajstić information content (AvgIpc) is 2.27. The summed E-state index contributed by atoms with van der Waals surface area (Å²) in [5, 5.41) is 2.55. The Labute approximate surface area is 94.2 Å². The first-order chi connectivity index (χ1) is 7.05. The molecule has 1 amide bonds. The van der Waals surface area contributed by atoms with Gasteiger partial charge in [-0.1, -0.05) is 12.2 Å². The quantitative estimate of drug-likeness (QED) is 0.679. The maximum absolute atomic E-state index is 11.4. The number of likely N-dealkylation sites (N-methyl/N-ethyl adjacent to an activating group) is 1. The standard InChI is InChI=1S/C11H13ClN2O/c1-11(12)6-3-4-9(10(15)13-2)5-7-14-8-11/h3-8H,1-2H3,(H,13,15)/b6-3?,7-5+,9-4+,14-8?. The summed E-state index contributed by atoms with van der Waals surface area (Å²) in [5.74, 6) is -0.149. The Hall–Kier alpha value is -1.35. The van der Waals surface area contributed by atoms with Gasteiger partial charge in [-0.05, 0) is 19.1 Å². The molecule has 1 heterocycles. The topological polar surface area (TPSA) is 41.5 Å². The molecule has 3 nitrogen and oxygen atoms in total. The summed E-state index contributed by atoms with van der Waals surface area (Å²) in [6.07, 6.45) is 10.0. The maximum Gasteiger partial charge on any atom is 0.251 e. The van der Waals surface area contributed by atoms with Gasteiger partial charge in [0, 0.05) is 25.0 Å². The van der Waals surface area contributed by atoms with Gasteiger partial charge in [-0.25, -0.2) is 0 Å². The van der Waals surface area contributed by atoms with Crippen molar-refractivity contribution < 1.29 is 4.79 Å². The molecular formula is C11H13ClN2O. The summed E-state index contributed by atoms with van der Waals surface area (Å²) in [4.78, 5) is 14.7. The van der Waals surface area contributed by atoms with Crippen LogP contribution in [0.5, 0.6) is 0 Å². The van der Waals surface area contributed by atoms with Crippen molar-refractivity contribution in [1.82, 2.24) is 5.32 Å². The fourth-order valence-electron chi connectivity index (χ4n) is 1.05. The number of alkyl halides is 1. The molecule has 15 heavy (non-hydrogen) atoms. The largest absolute Gasteiger partial charge is 0.355 e. The van der Waals surface area contributed by atoms with Crippen LogP contribution in [0.25, 0.3) is 0 Å². The van der Waals surface area contributed by atoms with Crippen LogP contribution in [0, 0.1) is 0 Å². The smallest absolute Gasteiger partial charge is 0.251 e. The Morgan fingerprint density at radius 1 is 1.60 bits per heavy atom. The predicted molar refractivity (Wildman–Crippen MR) is 63.2 cm³/mol. The molecule has 0 fully saturated rings. The number of carbonyl (C=O) groups excluding carboxylic acids is 1. The Kier molecular flexibility index (Phi) is 3.86. The van der Waals surface area contributed by atoms with E-state index in [0.29, 0.717) is 5.57 Å². The van der Waals surface area contributed by atoms with Gasteiger partial charge in [-0.3, -0.25) is 9.79 Å². The van der Waals surface area contributed by atoms with Gasteiger partial charge < -0.3 is 5.32 Å². The highest BCUT2D eigenvalue weighted by Gasteiger charge is 2.13. The highest BCUT2D eigenvalue weighted by molar-refractivity contribution is 6.33. The van der Waals surface area contributed by atoms with Crippen molar-refractivity contribution in [2.75, 3.05) is 7.05 Å². The number of allylic oxidation sites excluding steroid dienone is 3. The Morgan fingerprint density at radius 2 is 2.33 bits per heavy atom. The highest BCUT2D eigenvalue weighted by Crippen LogP contribution is 2.14. The Morgan fingerprint density at radius 3 is 3.00 bits per heavy atom. The number of amides is 1. The molecule has 1 aliphatic rings. The molecule has 0 aromatic carbocycles. The van der Waals surface area contributed by atoms with Crippen molar-refractivity contribution in [3.63, 3.8) is 0 Å². The van der Waals surface area contributed by atoms with E-state index in [1.54, 1.807) is 43.8 Å². The summed E-state index contributed by atoms with van der Waals surface area (Å²) >= 11 is 6.08. The monoisotopic (exact) mass is 224 g/mol. The molecule has 80 valence electrons. The molecule has 0 saturated heterocycles. The van der Waals surface area contributed by atoms with Crippen LogP contribution >= 0.6 is 11.6 Å². The molecule has 1 unspecified atom stereocenters. The summed E-state index contributed by atoms with van der Waals surface area (Å²) in [6, 6.07) is 0. The van der Waals surface area contributed by atoms with Gasteiger partial charge in [0.2, 0.25) is 0 Å². The zero-order valence-corrected chi connectivity index (χ0v) is 9.45. The van der Waals surface area contributed by atoms with Gasteiger partial charge in [-0.2, -0.15) is 0 Å². The van der Waals surface area contributed by atoms with E-state index < -0.39 is 4.87 Å². The van der Waals surface area contributed by atoms with Crippen molar-refractivity contribution in [3.05, 3.63) is 36.1 Å². The first kappa shape index (κ1) is 11.7. The number of nitrogens with zero attached hydrogens (tertiary/aromatic N) is 1. The number of aliphatic imine (C=N–C) groups is 1. The first-order valence-electron chi connectivity index (χ1n) is 4.56. The molecule has 0 aromatic rings. The summed E-state index contributed by atoms with van der Waals surface area (Å²) in [5.41, 5.74) is 0.542. The lowest BCUT2D eigenvalue weighted by Crippen LogP contribution is -2.18. The van der Waals surface area contributed by atoms with Crippen LogP contribution in [0.1, 0.15) is 6.92 Å². The van der Waals surface area contributed by atoms with Gasteiger partial charge in [0.25, 0.3) is 5.91 Å². The molecule has 0 bridgehead atoms. The van der Waals surface area contributed by atoms with Crippen LogP contribution in [-0.2, 0) is 4.79 Å². The zero-order valence-electron chi connectivity index (χ0n) is 8.70. The molecule has 0 spiro atoms. The number of carbonyl (C=O) groups is 1. The zero-order chi connectivity index (χ0) is 11.3. The molecule has 1 aliphatic heterocycles. The summed E-state index contributed by atoms with van der Waals surface area (Å²) in [6.45, 7) is 1.82. The van der Waals surface area contributed by atoms with Crippen LogP contribution in [0.3, 0.4) is 0 Å².